The van der Waals surface area contributed by atoms with E-state index in [1.807, 2.05) is 20.8 Å². The lowest BCUT2D eigenvalue weighted by molar-refractivity contribution is 0.0816. The number of carbonyl (C=O) groups is 1. The van der Waals surface area contributed by atoms with Crippen molar-refractivity contribution in [1.82, 2.24) is 5.32 Å². The van der Waals surface area contributed by atoms with Crippen LogP contribution in [0.5, 0.6) is 0 Å². The van der Waals surface area contributed by atoms with E-state index in [0.29, 0.717) is 11.3 Å². The second-order valence-corrected chi connectivity index (χ2v) is 4.87. The summed E-state index contributed by atoms with van der Waals surface area (Å²) in [6.07, 6.45) is 1.32. The van der Waals surface area contributed by atoms with Crippen LogP contribution >= 0.6 is 0 Å². The molecule has 0 fully saturated rings. The average molecular weight is 264 g/mol. The number of rotatable bonds is 6. The first-order chi connectivity index (χ1) is 9.01. The Balaban J connectivity index is 2.63. The molecule has 0 spiro atoms. The van der Waals surface area contributed by atoms with Crippen LogP contribution in [0.2, 0.25) is 0 Å². The summed E-state index contributed by atoms with van der Waals surface area (Å²) in [5.74, 6) is 0.0389. The molecule has 0 aliphatic carbocycles. The lowest BCUT2D eigenvalue weighted by Gasteiger charge is -2.20. The van der Waals surface area contributed by atoms with E-state index in [4.69, 9.17) is 5.73 Å². The third-order valence-electron chi connectivity index (χ3n) is 3.68. The summed E-state index contributed by atoms with van der Waals surface area (Å²) in [5.41, 5.74) is 7.72. The van der Waals surface area contributed by atoms with Gasteiger partial charge < -0.3 is 16.2 Å². The minimum Gasteiger partial charge on any atom is -0.398 e. The zero-order valence-electron chi connectivity index (χ0n) is 11.9. The molecule has 1 aromatic carbocycles. The fraction of sp³-hybridized carbons (Fsp3) is 0.533. The minimum absolute atomic E-state index is 0.185. The molecule has 19 heavy (non-hydrogen) atoms. The molecule has 1 atom stereocenters. The van der Waals surface area contributed by atoms with Crippen LogP contribution in [0, 0.1) is 12.8 Å². The SMILES string of the molecule is CCC(CC)C(O)CNC(=O)c1cccc(N)c1C. The van der Waals surface area contributed by atoms with Gasteiger partial charge in [-0.25, -0.2) is 0 Å². The van der Waals surface area contributed by atoms with Gasteiger partial charge in [0, 0.05) is 17.8 Å². The third-order valence-corrected chi connectivity index (χ3v) is 3.68. The molecular weight excluding hydrogens is 240 g/mol. The fourth-order valence-electron chi connectivity index (χ4n) is 2.19. The van der Waals surface area contributed by atoms with Crippen LogP contribution in [0.1, 0.15) is 42.6 Å². The van der Waals surface area contributed by atoms with Gasteiger partial charge in [-0.2, -0.15) is 0 Å². The zero-order chi connectivity index (χ0) is 14.4. The molecule has 1 amide bonds. The number of nitrogens with one attached hydrogen (secondary N) is 1. The molecule has 4 heteroatoms. The zero-order valence-corrected chi connectivity index (χ0v) is 11.9. The normalized spacial score (nSPS) is 12.5. The first kappa shape index (κ1) is 15.5. The summed E-state index contributed by atoms with van der Waals surface area (Å²) in [5, 5.41) is 12.8. The molecule has 0 aliphatic rings. The van der Waals surface area contributed by atoms with Crippen molar-refractivity contribution in [3.63, 3.8) is 0 Å². The number of nitrogens with two attached hydrogens (primary N) is 1. The highest BCUT2D eigenvalue weighted by atomic mass is 16.3. The molecule has 0 aromatic heterocycles. The van der Waals surface area contributed by atoms with Gasteiger partial charge in [0.25, 0.3) is 5.91 Å². The van der Waals surface area contributed by atoms with Gasteiger partial charge in [-0.05, 0) is 30.5 Å². The number of amides is 1. The Morgan fingerprint density at radius 2 is 2.00 bits per heavy atom. The van der Waals surface area contributed by atoms with Crippen molar-refractivity contribution in [3.8, 4) is 0 Å². The fourth-order valence-corrected chi connectivity index (χ4v) is 2.19. The number of carbonyl (C=O) groups excluding carboxylic acids is 1. The minimum atomic E-state index is -0.500. The number of nitrogen functional groups attached to an aromatic ring is 1. The molecule has 1 unspecified atom stereocenters. The largest absolute Gasteiger partial charge is 0.398 e. The second kappa shape index (κ2) is 7.14. The molecule has 0 aliphatic heterocycles. The molecule has 4 nitrogen and oxygen atoms in total. The smallest absolute Gasteiger partial charge is 0.251 e. The third kappa shape index (κ3) is 3.96. The van der Waals surface area contributed by atoms with E-state index in [9.17, 15) is 9.90 Å². The Morgan fingerprint density at radius 3 is 2.58 bits per heavy atom. The van der Waals surface area contributed by atoms with Gasteiger partial charge in [0.1, 0.15) is 0 Å². The molecule has 106 valence electrons. The number of hydrogen-bond acceptors (Lipinski definition) is 3. The van der Waals surface area contributed by atoms with Gasteiger partial charge in [0.15, 0.2) is 0 Å². The van der Waals surface area contributed by atoms with Crippen molar-refractivity contribution in [3.05, 3.63) is 29.3 Å². The summed E-state index contributed by atoms with van der Waals surface area (Å²) in [7, 11) is 0. The Morgan fingerprint density at radius 1 is 1.37 bits per heavy atom. The van der Waals surface area contributed by atoms with E-state index >= 15 is 0 Å². The van der Waals surface area contributed by atoms with Crippen molar-refractivity contribution in [2.24, 2.45) is 5.92 Å². The first-order valence-electron chi connectivity index (χ1n) is 6.82. The highest BCUT2D eigenvalue weighted by Crippen LogP contribution is 2.16. The summed E-state index contributed by atoms with van der Waals surface area (Å²) >= 11 is 0. The number of benzene rings is 1. The van der Waals surface area contributed by atoms with Gasteiger partial charge in [-0.3, -0.25) is 4.79 Å². The predicted molar refractivity (Wildman–Crippen MR) is 78.0 cm³/mol. The van der Waals surface area contributed by atoms with Crippen molar-refractivity contribution < 1.29 is 9.90 Å². The molecular formula is C15H24N2O2. The maximum absolute atomic E-state index is 12.0. The van der Waals surface area contributed by atoms with Crippen molar-refractivity contribution in [1.29, 1.82) is 0 Å². The standard InChI is InChI=1S/C15H24N2O2/c1-4-11(5-2)14(18)9-17-15(19)12-7-6-8-13(16)10(12)3/h6-8,11,14,18H,4-5,9,16H2,1-3H3,(H,17,19). The van der Waals surface area contributed by atoms with Crippen molar-refractivity contribution in [2.75, 3.05) is 12.3 Å². The Kier molecular flexibility index (Phi) is 5.83. The average Bonchev–Trinajstić information content (AvgIpc) is 2.40. The van der Waals surface area contributed by atoms with E-state index in [1.54, 1.807) is 18.2 Å². The summed E-state index contributed by atoms with van der Waals surface area (Å²) in [4.78, 5) is 12.0. The Hall–Kier alpha value is -1.55. The van der Waals surface area contributed by atoms with E-state index in [-0.39, 0.29) is 18.4 Å². The van der Waals surface area contributed by atoms with Crippen LogP contribution < -0.4 is 11.1 Å². The van der Waals surface area contributed by atoms with Crippen LogP contribution in [0.3, 0.4) is 0 Å². The van der Waals surface area contributed by atoms with Crippen molar-refractivity contribution >= 4 is 11.6 Å². The summed E-state index contributed by atoms with van der Waals surface area (Å²) in [6.45, 7) is 6.18. The molecule has 0 saturated carbocycles. The number of hydrogen-bond donors (Lipinski definition) is 3. The van der Waals surface area contributed by atoms with Crippen LogP contribution in [0.15, 0.2) is 18.2 Å². The van der Waals surface area contributed by atoms with Gasteiger partial charge in [0.05, 0.1) is 6.10 Å². The lowest BCUT2D eigenvalue weighted by atomic mass is 9.96. The Labute approximate surface area is 115 Å². The molecule has 0 radical (unpaired) electrons. The lowest BCUT2D eigenvalue weighted by Crippen LogP contribution is -2.36. The number of anilines is 1. The van der Waals surface area contributed by atoms with Gasteiger partial charge >= 0.3 is 0 Å². The quantitative estimate of drug-likeness (QED) is 0.689. The van der Waals surface area contributed by atoms with E-state index in [0.717, 1.165) is 18.4 Å². The first-order valence-corrected chi connectivity index (χ1v) is 6.82. The molecule has 1 aromatic rings. The highest BCUT2D eigenvalue weighted by molar-refractivity contribution is 5.96. The molecule has 0 bridgehead atoms. The molecule has 0 heterocycles. The summed E-state index contributed by atoms with van der Waals surface area (Å²) < 4.78 is 0. The Bertz CT molecular complexity index is 428. The molecule has 1 rings (SSSR count). The maximum Gasteiger partial charge on any atom is 0.251 e. The topological polar surface area (TPSA) is 75.3 Å². The van der Waals surface area contributed by atoms with Crippen LogP contribution in [-0.4, -0.2) is 23.7 Å². The number of aliphatic hydroxyl groups excluding tert-OH is 1. The number of aliphatic hydroxyl groups is 1. The van der Waals surface area contributed by atoms with Gasteiger partial charge in [-0.1, -0.05) is 32.8 Å². The van der Waals surface area contributed by atoms with Crippen LogP contribution in [-0.2, 0) is 0 Å². The van der Waals surface area contributed by atoms with Crippen LogP contribution in [0.25, 0.3) is 0 Å². The second-order valence-electron chi connectivity index (χ2n) is 4.87. The summed E-state index contributed by atoms with van der Waals surface area (Å²) in [6, 6.07) is 5.27. The van der Waals surface area contributed by atoms with Gasteiger partial charge in [-0.15, -0.1) is 0 Å². The van der Waals surface area contributed by atoms with Crippen molar-refractivity contribution in [2.45, 2.75) is 39.7 Å². The maximum atomic E-state index is 12.0. The van der Waals surface area contributed by atoms with E-state index in [2.05, 4.69) is 5.32 Å². The van der Waals surface area contributed by atoms with Crippen LogP contribution in [0.4, 0.5) is 5.69 Å². The van der Waals surface area contributed by atoms with E-state index in [1.165, 1.54) is 0 Å². The molecule has 0 saturated heterocycles. The highest BCUT2D eigenvalue weighted by Gasteiger charge is 2.17. The molecule has 4 N–H and O–H groups in total. The predicted octanol–water partition coefficient (Wildman–Crippen LogP) is 2.10. The van der Waals surface area contributed by atoms with Gasteiger partial charge in [0.2, 0.25) is 0 Å². The monoisotopic (exact) mass is 264 g/mol. The van der Waals surface area contributed by atoms with E-state index < -0.39 is 6.10 Å².